The van der Waals surface area contributed by atoms with Crippen LogP contribution in [0.4, 0.5) is 5.82 Å². The van der Waals surface area contributed by atoms with E-state index in [-0.39, 0.29) is 5.41 Å². The van der Waals surface area contributed by atoms with Crippen LogP contribution in [0, 0.1) is 0 Å². The van der Waals surface area contributed by atoms with Crippen molar-refractivity contribution in [2.24, 2.45) is 0 Å². The lowest BCUT2D eigenvalue weighted by Gasteiger charge is -2.45. The minimum absolute atomic E-state index is 0.167. The molecule has 26 heavy (non-hydrogen) atoms. The normalized spacial score (nSPS) is 26.3. The first-order chi connectivity index (χ1) is 12.3. The van der Waals surface area contributed by atoms with E-state index in [4.69, 9.17) is 0 Å². The topological polar surface area (TPSA) is 34.6 Å². The Labute approximate surface area is 159 Å². The molecule has 3 heterocycles. The molecule has 0 amide bonds. The van der Waals surface area contributed by atoms with Gasteiger partial charge in [-0.2, -0.15) is 0 Å². The van der Waals surface area contributed by atoms with Crippen molar-refractivity contribution < 1.29 is 0 Å². The van der Waals surface area contributed by atoms with Gasteiger partial charge in [-0.15, -0.1) is 0 Å². The number of nitrogens with zero attached hydrogens (tertiary/aromatic N) is 4. The number of pyridine rings is 1. The number of hydrogen-bond donors (Lipinski definition) is 1. The van der Waals surface area contributed by atoms with Gasteiger partial charge in [0.1, 0.15) is 5.82 Å². The Hall–Kier alpha value is -1.17. The van der Waals surface area contributed by atoms with E-state index in [1.165, 1.54) is 31.7 Å². The Balaban J connectivity index is 1.61. The number of hydrogen-bond acceptors (Lipinski definition) is 5. The fourth-order valence-electron chi connectivity index (χ4n) is 4.23. The highest BCUT2D eigenvalue weighted by Crippen LogP contribution is 2.27. The van der Waals surface area contributed by atoms with Crippen LogP contribution in [0.3, 0.4) is 0 Å². The van der Waals surface area contributed by atoms with Crippen LogP contribution in [0.1, 0.15) is 40.2 Å². The van der Waals surface area contributed by atoms with E-state index in [1.807, 2.05) is 6.20 Å². The molecule has 2 atom stereocenters. The van der Waals surface area contributed by atoms with Gasteiger partial charge in [0, 0.05) is 70.6 Å². The van der Waals surface area contributed by atoms with Crippen LogP contribution < -0.4 is 10.2 Å². The second kappa shape index (κ2) is 8.24. The third-order valence-corrected chi connectivity index (χ3v) is 5.92. The van der Waals surface area contributed by atoms with Crippen molar-refractivity contribution in [2.45, 2.75) is 52.1 Å². The van der Waals surface area contributed by atoms with Gasteiger partial charge in [-0.1, -0.05) is 20.8 Å². The molecule has 146 valence electrons. The number of rotatable bonds is 4. The molecule has 1 aromatic heterocycles. The fourth-order valence-corrected chi connectivity index (χ4v) is 4.23. The smallest absolute Gasteiger partial charge is 0.128 e. The summed E-state index contributed by atoms with van der Waals surface area (Å²) < 4.78 is 0. The van der Waals surface area contributed by atoms with Crippen LogP contribution in [0.5, 0.6) is 0 Å². The molecule has 1 aromatic rings. The number of aromatic nitrogens is 1. The minimum atomic E-state index is 0.167. The molecule has 0 saturated carbocycles. The summed E-state index contributed by atoms with van der Waals surface area (Å²) in [6.07, 6.45) is 1.97. The summed E-state index contributed by atoms with van der Waals surface area (Å²) in [5.74, 6) is 1.14. The lowest BCUT2D eigenvalue weighted by Crippen LogP contribution is -2.58. The third-order valence-electron chi connectivity index (χ3n) is 5.92. The first-order valence-corrected chi connectivity index (χ1v) is 10.2. The van der Waals surface area contributed by atoms with E-state index in [2.05, 4.69) is 71.8 Å². The molecular formula is C21H37N5. The highest BCUT2D eigenvalue weighted by atomic mass is 15.3. The molecule has 0 bridgehead atoms. The maximum Gasteiger partial charge on any atom is 0.128 e. The summed E-state index contributed by atoms with van der Waals surface area (Å²) in [5.41, 5.74) is 1.53. The van der Waals surface area contributed by atoms with Crippen molar-refractivity contribution in [1.82, 2.24) is 20.1 Å². The summed E-state index contributed by atoms with van der Waals surface area (Å²) >= 11 is 0. The van der Waals surface area contributed by atoms with Gasteiger partial charge >= 0.3 is 0 Å². The van der Waals surface area contributed by atoms with E-state index >= 15 is 0 Å². The minimum Gasteiger partial charge on any atom is -0.353 e. The molecule has 5 heteroatoms. The maximum absolute atomic E-state index is 4.68. The van der Waals surface area contributed by atoms with Gasteiger partial charge in [-0.25, -0.2) is 4.98 Å². The molecule has 2 saturated heterocycles. The van der Waals surface area contributed by atoms with Gasteiger partial charge < -0.3 is 10.2 Å². The highest BCUT2D eigenvalue weighted by Gasteiger charge is 2.30. The van der Waals surface area contributed by atoms with E-state index < -0.39 is 0 Å². The Morgan fingerprint density at radius 1 is 1.08 bits per heavy atom. The van der Waals surface area contributed by atoms with Gasteiger partial charge in [0.15, 0.2) is 0 Å². The number of piperazine rings is 2. The van der Waals surface area contributed by atoms with Crippen molar-refractivity contribution in [3.8, 4) is 0 Å². The largest absolute Gasteiger partial charge is 0.353 e. The SMILES string of the molecule is C[C@@H]1CN(c2cc(C(C)(C)C)ccn2)C[C@H](C)N1CCN1CCNCC1. The summed E-state index contributed by atoms with van der Waals surface area (Å²) in [4.78, 5) is 12.4. The second-order valence-corrected chi connectivity index (χ2v) is 9.09. The second-order valence-electron chi connectivity index (χ2n) is 9.09. The molecular weight excluding hydrogens is 322 g/mol. The van der Waals surface area contributed by atoms with Crippen LogP contribution in [0.15, 0.2) is 18.3 Å². The predicted molar refractivity (Wildman–Crippen MR) is 110 cm³/mol. The summed E-state index contributed by atoms with van der Waals surface area (Å²) in [5, 5.41) is 3.44. The fraction of sp³-hybridized carbons (Fsp3) is 0.762. The molecule has 3 rings (SSSR count). The van der Waals surface area contributed by atoms with Gasteiger partial charge in [0.2, 0.25) is 0 Å². The molecule has 0 aliphatic carbocycles. The van der Waals surface area contributed by atoms with Crippen molar-refractivity contribution in [3.05, 3.63) is 23.9 Å². The molecule has 1 N–H and O–H groups in total. The van der Waals surface area contributed by atoms with Gasteiger partial charge in [0.25, 0.3) is 0 Å². The number of nitrogens with one attached hydrogen (secondary N) is 1. The Morgan fingerprint density at radius 2 is 1.73 bits per heavy atom. The van der Waals surface area contributed by atoms with E-state index in [1.54, 1.807) is 0 Å². The standard InChI is InChI=1S/C21H37N5/c1-17-15-25(20-14-19(6-7-23-20)21(3,4)5)16-18(2)26(17)13-12-24-10-8-22-9-11-24/h6-7,14,17-18,22H,8-13,15-16H2,1-5H3/t17-,18+. The predicted octanol–water partition coefficient (Wildman–Crippen LogP) is 2.18. The van der Waals surface area contributed by atoms with Crippen molar-refractivity contribution in [2.75, 3.05) is 57.3 Å². The Kier molecular flexibility index (Phi) is 6.21. The van der Waals surface area contributed by atoms with Crippen molar-refractivity contribution in [3.63, 3.8) is 0 Å². The van der Waals surface area contributed by atoms with Crippen LogP contribution in [-0.2, 0) is 5.41 Å². The van der Waals surface area contributed by atoms with Gasteiger partial charge in [0.05, 0.1) is 0 Å². The summed E-state index contributed by atoms with van der Waals surface area (Å²) in [7, 11) is 0. The molecule has 2 aliphatic rings. The van der Waals surface area contributed by atoms with Gasteiger partial charge in [-0.3, -0.25) is 9.80 Å². The zero-order valence-corrected chi connectivity index (χ0v) is 17.3. The zero-order valence-electron chi connectivity index (χ0n) is 17.3. The van der Waals surface area contributed by atoms with Crippen LogP contribution >= 0.6 is 0 Å². The van der Waals surface area contributed by atoms with Crippen LogP contribution in [0.25, 0.3) is 0 Å². The molecule has 0 unspecified atom stereocenters. The average Bonchev–Trinajstić information content (AvgIpc) is 2.61. The zero-order chi connectivity index (χ0) is 18.7. The summed E-state index contributed by atoms with van der Waals surface area (Å²) in [6, 6.07) is 5.55. The van der Waals surface area contributed by atoms with E-state index in [0.717, 1.165) is 32.0 Å². The first kappa shape index (κ1) is 19.6. The molecule has 2 fully saturated rings. The quantitative estimate of drug-likeness (QED) is 0.891. The lowest BCUT2D eigenvalue weighted by atomic mass is 9.87. The maximum atomic E-state index is 4.68. The number of anilines is 1. The van der Waals surface area contributed by atoms with Crippen LogP contribution in [0.2, 0.25) is 0 Å². The van der Waals surface area contributed by atoms with Crippen molar-refractivity contribution >= 4 is 5.82 Å². The van der Waals surface area contributed by atoms with Crippen LogP contribution in [-0.4, -0.2) is 79.2 Å². The van der Waals surface area contributed by atoms with E-state index in [9.17, 15) is 0 Å². The molecule has 0 radical (unpaired) electrons. The molecule has 0 spiro atoms. The van der Waals surface area contributed by atoms with Crippen molar-refractivity contribution in [1.29, 1.82) is 0 Å². The molecule has 0 aromatic carbocycles. The van der Waals surface area contributed by atoms with E-state index in [0.29, 0.717) is 12.1 Å². The highest BCUT2D eigenvalue weighted by molar-refractivity contribution is 5.44. The Bertz CT molecular complexity index is 564. The third kappa shape index (κ3) is 4.76. The summed E-state index contributed by atoms with van der Waals surface area (Å²) in [6.45, 7) is 20.7. The van der Waals surface area contributed by atoms with Gasteiger partial charge in [-0.05, 0) is 37.0 Å². The monoisotopic (exact) mass is 359 g/mol. The first-order valence-electron chi connectivity index (χ1n) is 10.2. The Morgan fingerprint density at radius 3 is 2.35 bits per heavy atom. The molecule has 5 nitrogen and oxygen atoms in total. The average molecular weight is 360 g/mol. The molecule has 2 aliphatic heterocycles. The lowest BCUT2D eigenvalue weighted by molar-refractivity contribution is 0.107.